The van der Waals surface area contributed by atoms with Gasteiger partial charge in [-0.3, -0.25) is 10.1 Å². The van der Waals surface area contributed by atoms with Crippen molar-refractivity contribution in [3.63, 3.8) is 0 Å². The highest BCUT2D eigenvalue weighted by Crippen LogP contribution is 1.75. The van der Waals surface area contributed by atoms with E-state index in [0.29, 0.717) is 6.54 Å². The molecule has 13 heavy (non-hydrogen) atoms. The SMILES string of the molecule is CCNC(=O)NC(=O)/C(C#N)=N/O. The number of urea groups is 1. The van der Waals surface area contributed by atoms with Crippen LogP contribution in [0.3, 0.4) is 0 Å². The summed E-state index contributed by atoms with van der Waals surface area (Å²) >= 11 is 0. The molecule has 0 saturated heterocycles. The van der Waals surface area contributed by atoms with Gasteiger partial charge in [-0.2, -0.15) is 5.26 Å². The van der Waals surface area contributed by atoms with E-state index in [9.17, 15) is 9.59 Å². The van der Waals surface area contributed by atoms with Crippen LogP contribution in [0.15, 0.2) is 5.16 Å². The highest BCUT2D eigenvalue weighted by atomic mass is 16.4. The third kappa shape index (κ3) is 3.71. The molecule has 0 spiro atoms. The molecule has 0 unspecified atom stereocenters. The summed E-state index contributed by atoms with van der Waals surface area (Å²) in [6.45, 7) is 2.01. The number of nitriles is 1. The molecular formula is C6H8N4O3. The van der Waals surface area contributed by atoms with Crippen molar-refractivity contribution in [1.29, 1.82) is 5.26 Å². The molecule has 0 bridgehead atoms. The fraction of sp³-hybridized carbons (Fsp3) is 0.333. The van der Waals surface area contributed by atoms with E-state index in [4.69, 9.17) is 10.5 Å². The number of rotatable bonds is 2. The maximum atomic E-state index is 10.8. The highest BCUT2D eigenvalue weighted by molar-refractivity contribution is 6.46. The van der Waals surface area contributed by atoms with Crippen molar-refractivity contribution in [3.05, 3.63) is 0 Å². The molecule has 70 valence electrons. The van der Waals surface area contributed by atoms with Crippen LogP contribution in [-0.2, 0) is 4.79 Å². The van der Waals surface area contributed by atoms with Gasteiger partial charge in [-0.1, -0.05) is 5.16 Å². The van der Waals surface area contributed by atoms with Gasteiger partial charge in [0.25, 0.3) is 5.91 Å². The van der Waals surface area contributed by atoms with E-state index in [2.05, 4.69) is 10.5 Å². The second kappa shape index (κ2) is 5.54. The van der Waals surface area contributed by atoms with Crippen molar-refractivity contribution >= 4 is 17.6 Å². The van der Waals surface area contributed by atoms with Gasteiger partial charge in [0.05, 0.1) is 0 Å². The predicted octanol–water partition coefficient (Wildman–Crippen LogP) is -0.814. The summed E-state index contributed by atoms with van der Waals surface area (Å²) < 4.78 is 0. The molecule has 0 heterocycles. The smallest absolute Gasteiger partial charge is 0.321 e. The molecule has 0 aromatic rings. The Morgan fingerprint density at radius 1 is 1.62 bits per heavy atom. The van der Waals surface area contributed by atoms with Gasteiger partial charge >= 0.3 is 6.03 Å². The molecule has 0 aromatic heterocycles. The predicted molar refractivity (Wildman–Crippen MR) is 42.0 cm³/mol. The average molecular weight is 184 g/mol. The van der Waals surface area contributed by atoms with E-state index in [1.165, 1.54) is 6.07 Å². The van der Waals surface area contributed by atoms with Crippen LogP contribution in [0, 0.1) is 11.3 Å². The zero-order valence-corrected chi connectivity index (χ0v) is 6.87. The molecule has 0 radical (unpaired) electrons. The molecule has 0 atom stereocenters. The number of carbonyl (C=O) groups excluding carboxylic acids is 2. The minimum atomic E-state index is -1.05. The first-order chi connectivity index (χ1) is 6.15. The second-order valence-corrected chi connectivity index (χ2v) is 1.87. The number of oxime groups is 1. The molecule has 3 N–H and O–H groups in total. The van der Waals surface area contributed by atoms with Crippen molar-refractivity contribution in [2.24, 2.45) is 5.16 Å². The van der Waals surface area contributed by atoms with Gasteiger partial charge in [-0.05, 0) is 6.92 Å². The van der Waals surface area contributed by atoms with Crippen LogP contribution >= 0.6 is 0 Å². The van der Waals surface area contributed by atoms with E-state index < -0.39 is 17.6 Å². The Morgan fingerprint density at radius 3 is 2.62 bits per heavy atom. The molecule has 0 aliphatic carbocycles. The first-order valence-corrected chi connectivity index (χ1v) is 3.37. The Labute approximate surface area is 74.0 Å². The average Bonchev–Trinajstić information content (AvgIpc) is 2.06. The lowest BCUT2D eigenvalue weighted by atomic mass is 10.4. The summed E-state index contributed by atoms with van der Waals surface area (Å²) in [6.07, 6.45) is 0. The van der Waals surface area contributed by atoms with E-state index in [1.807, 2.05) is 0 Å². The molecular weight excluding hydrogens is 176 g/mol. The molecule has 0 aliphatic rings. The van der Waals surface area contributed by atoms with Gasteiger partial charge in [0.2, 0.25) is 5.71 Å². The maximum Gasteiger partial charge on any atom is 0.321 e. The monoisotopic (exact) mass is 184 g/mol. The lowest BCUT2D eigenvalue weighted by Crippen LogP contribution is -2.42. The minimum absolute atomic E-state index is 0.345. The lowest BCUT2D eigenvalue weighted by Gasteiger charge is -2.01. The van der Waals surface area contributed by atoms with E-state index in [-0.39, 0.29) is 0 Å². The summed E-state index contributed by atoms with van der Waals surface area (Å²) in [5, 5.41) is 22.7. The van der Waals surface area contributed by atoms with Crippen LogP contribution in [0.5, 0.6) is 0 Å². The van der Waals surface area contributed by atoms with Crippen molar-refractivity contribution in [1.82, 2.24) is 10.6 Å². The Morgan fingerprint density at radius 2 is 2.23 bits per heavy atom. The fourth-order valence-corrected chi connectivity index (χ4v) is 0.486. The number of hydrogen-bond donors (Lipinski definition) is 3. The van der Waals surface area contributed by atoms with Gasteiger partial charge in [0.15, 0.2) is 0 Å². The molecule has 0 aromatic carbocycles. The Hall–Kier alpha value is -2.10. The molecule has 3 amide bonds. The number of carbonyl (C=O) groups is 2. The van der Waals surface area contributed by atoms with Gasteiger partial charge in [0.1, 0.15) is 6.07 Å². The van der Waals surface area contributed by atoms with Gasteiger partial charge in [-0.25, -0.2) is 4.79 Å². The molecule has 0 saturated carbocycles. The number of amides is 3. The number of nitrogens with one attached hydrogen (secondary N) is 2. The maximum absolute atomic E-state index is 10.8. The Bertz CT molecular complexity index is 278. The first kappa shape index (κ1) is 10.9. The van der Waals surface area contributed by atoms with Crippen LogP contribution in [0.2, 0.25) is 0 Å². The van der Waals surface area contributed by atoms with Crippen LogP contribution in [-0.4, -0.2) is 29.4 Å². The van der Waals surface area contributed by atoms with E-state index in [1.54, 1.807) is 12.2 Å². The fourth-order valence-electron chi connectivity index (χ4n) is 0.486. The zero-order chi connectivity index (χ0) is 10.3. The van der Waals surface area contributed by atoms with Gasteiger partial charge in [0, 0.05) is 6.54 Å². The summed E-state index contributed by atoms with van der Waals surface area (Å²) in [7, 11) is 0. The molecule has 7 nitrogen and oxygen atoms in total. The number of hydrogen-bond acceptors (Lipinski definition) is 5. The molecule has 7 heteroatoms. The van der Waals surface area contributed by atoms with Crippen LogP contribution in [0.4, 0.5) is 4.79 Å². The van der Waals surface area contributed by atoms with Crippen molar-refractivity contribution < 1.29 is 14.8 Å². The summed E-state index contributed by atoms with van der Waals surface area (Å²) in [4.78, 5) is 21.5. The van der Waals surface area contributed by atoms with Crippen LogP contribution in [0.1, 0.15) is 6.92 Å². The largest absolute Gasteiger partial charge is 0.410 e. The Balaban J connectivity index is 4.17. The van der Waals surface area contributed by atoms with Gasteiger partial charge < -0.3 is 10.5 Å². The topological polar surface area (TPSA) is 115 Å². The summed E-state index contributed by atoms with van der Waals surface area (Å²) in [6, 6.07) is 0.561. The zero-order valence-electron chi connectivity index (χ0n) is 6.87. The summed E-state index contributed by atoms with van der Waals surface area (Å²) in [5.74, 6) is -1.05. The normalized spacial score (nSPS) is 10.0. The van der Waals surface area contributed by atoms with Crippen molar-refractivity contribution in [2.75, 3.05) is 6.54 Å². The molecule has 0 fully saturated rings. The lowest BCUT2D eigenvalue weighted by molar-refractivity contribution is -0.113. The third-order valence-electron chi connectivity index (χ3n) is 0.985. The van der Waals surface area contributed by atoms with Gasteiger partial charge in [-0.15, -0.1) is 0 Å². The summed E-state index contributed by atoms with van der Waals surface area (Å²) in [5.41, 5.74) is -0.772. The molecule has 0 rings (SSSR count). The number of nitrogens with zero attached hydrogens (tertiary/aromatic N) is 2. The van der Waals surface area contributed by atoms with Crippen LogP contribution < -0.4 is 10.6 Å². The minimum Gasteiger partial charge on any atom is -0.410 e. The quantitative estimate of drug-likeness (QED) is 0.295. The first-order valence-electron chi connectivity index (χ1n) is 3.37. The van der Waals surface area contributed by atoms with Crippen molar-refractivity contribution in [3.8, 4) is 6.07 Å². The van der Waals surface area contributed by atoms with E-state index >= 15 is 0 Å². The second-order valence-electron chi connectivity index (χ2n) is 1.87. The third-order valence-corrected chi connectivity index (χ3v) is 0.985. The molecule has 0 aliphatic heterocycles. The standard InChI is InChI=1S/C6H8N4O3/c1-2-8-6(12)9-5(11)4(3-7)10-13/h13H,2H2,1H3,(H2,8,9,11,12)/b10-4+. The Kier molecular flexibility index (Phi) is 4.64. The number of imide groups is 1. The van der Waals surface area contributed by atoms with Crippen molar-refractivity contribution in [2.45, 2.75) is 6.92 Å². The highest BCUT2D eigenvalue weighted by Gasteiger charge is 2.13. The van der Waals surface area contributed by atoms with Crippen LogP contribution in [0.25, 0.3) is 0 Å². The van der Waals surface area contributed by atoms with E-state index in [0.717, 1.165) is 0 Å².